The summed E-state index contributed by atoms with van der Waals surface area (Å²) in [5.41, 5.74) is 1.23. The Balaban J connectivity index is 2.72. The second-order valence-electron chi connectivity index (χ2n) is 3.40. The molecule has 2 nitrogen and oxygen atoms in total. The molecule has 0 atom stereocenters. The number of nitrogens with zero attached hydrogens (tertiary/aromatic N) is 1. The number of hydrogen-bond donors (Lipinski definition) is 0. The topological polar surface area (TPSA) is 40.9 Å². The first-order chi connectivity index (χ1) is 8.13. The van der Waals surface area contributed by atoms with Crippen LogP contribution in [0.25, 0.3) is 6.08 Å². The highest BCUT2D eigenvalue weighted by Crippen LogP contribution is 2.13. The van der Waals surface area contributed by atoms with Crippen LogP contribution in [-0.4, -0.2) is 10.9 Å². The lowest BCUT2D eigenvalue weighted by Gasteiger charge is -2.00. The van der Waals surface area contributed by atoms with Gasteiger partial charge in [-0.05, 0) is 17.7 Å². The number of hydrogen-bond acceptors (Lipinski definition) is 3. The fourth-order valence-corrected chi connectivity index (χ4v) is 1.69. The van der Waals surface area contributed by atoms with Crippen LogP contribution in [0.5, 0.6) is 0 Å². The van der Waals surface area contributed by atoms with Crippen LogP contribution in [0.4, 0.5) is 4.39 Å². The van der Waals surface area contributed by atoms with Crippen LogP contribution in [-0.2, 0) is 11.2 Å². The zero-order chi connectivity index (χ0) is 12.7. The molecule has 0 unspecified atom stereocenters. The molecule has 0 saturated carbocycles. The molecule has 0 spiro atoms. The molecule has 1 aromatic carbocycles. The fourth-order valence-electron chi connectivity index (χ4n) is 1.26. The Morgan fingerprint density at radius 1 is 1.59 bits per heavy atom. The van der Waals surface area contributed by atoms with E-state index in [9.17, 15) is 9.18 Å². The van der Waals surface area contributed by atoms with E-state index in [-0.39, 0.29) is 17.4 Å². The van der Waals surface area contributed by atoms with Crippen molar-refractivity contribution in [2.24, 2.45) is 0 Å². The van der Waals surface area contributed by atoms with E-state index in [0.717, 1.165) is 5.56 Å². The maximum absolute atomic E-state index is 13.4. The standard InChI is InChI=1S/C13H12FNOS/c1-10(16)17-8-2-3-12-9-11(6-7-15)4-5-13(12)14/h2-5,9H,6,8H2,1H3. The van der Waals surface area contributed by atoms with E-state index in [1.54, 1.807) is 24.3 Å². The SMILES string of the molecule is CC(=O)SCC=Cc1cc(CC#N)ccc1F. The summed E-state index contributed by atoms with van der Waals surface area (Å²) >= 11 is 1.17. The Hall–Kier alpha value is -1.60. The van der Waals surface area contributed by atoms with Gasteiger partial charge in [-0.1, -0.05) is 30.0 Å². The van der Waals surface area contributed by atoms with Gasteiger partial charge in [-0.15, -0.1) is 0 Å². The summed E-state index contributed by atoms with van der Waals surface area (Å²) in [6.07, 6.45) is 3.64. The third-order valence-electron chi connectivity index (χ3n) is 2.02. The summed E-state index contributed by atoms with van der Waals surface area (Å²) in [6, 6.07) is 6.61. The molecule has 0 aliphatic rings. The third kappa shape index (κ3) is 4.83. The Bertz CT molecular complexity index is 477. The predicted octanol–water partition coefficient (Wildman–Crippen LogP) is 3.18. The summed E-state index contributed by atoms with van der Waals surface area (Å²) in [5.74, 6) is 0.202. The van der Waals surface area contributed by atoms with E-state index in [1.165, 1.54) is 24.8 Å². The number of rotatable bonds is 4. The molecule has 0 saturated heterocycles. The lowest BCUT2D eigenvalue weighted by Crippen LogP contribution is -1.88. The van der Waals surface area contributed by atoms with Crippen molar-refractivity contribution >= 4 is 23.0 Å². The molecule has 0 radical (unpaired) electrons. The number of carbonyl (C=O) groups excluding carboxylic acids is 1. The largest absolute Gasteiger partial charge is 0.288 e. The van der Waals surface area contributed by atoms with Gasteiger partial charge >= 0.3 is 0 Å². The summed E-state index contributed by atoms with van der Waals surface area (Å²) in [6.45, 7) is 1.49. The molecule has 0 aliphatic heterocycles. The minimum Gasteiger partial charge on any atom is -0.288 e. The molecule has 0 aliphatic carbocycles. The molecule has 88 valence electrons. The first-order valence-corrected chi connectivity index (χ1v) is 6.07. The van der Waals surface area contributed by atoms with Gasteiger partial charge in [-0.3, -0.25) is 4.79 Å². The van der Waals surface area contributed by atoms with Crippen molar-refractivity contribution in [3.63, 3.8) is 0 Å². The van der Waals surface area contributed by atoms with E-state index in [4.69, 9.17) is 5.26 Å². The van der Waals surface area contributed by atoms with E-state index in [1.807, 2.05) is 6.07 Å². The average Bonchev–Trinajstić information content (AvgIpc) is 2.28. The maximum Gasteiger partial charge on any atom is 0.186 e. The van der Waals surface area contributed by atoms with Crippen LogP contribution < -0.4 is 0 Å². The van der Waals surface area contributed by atoms with Crippen molar-refractivity contribution in [2.75, 3.05) is 5.75 Å². The van der Waals surface area contributed by atoms with Crippen LogP contribution in [0.15, 0.2) is 24.3 Å². The Kier molecular flexibility index (Phi) is 5.44. The normalized spacial score (nSPS) is 10.4. The number of thioether (sulfide) groups is 1. The van der Waals surface area contributed by atoms with E-state index in [2.05, 4.69) is 0 Å². The number of carbonyl (C=O) groups is 1. The lowest BCUT2D eigenvalue weighted by molar-refractivity contribution is -0.109. The maximum atomic E-state index is 13.4. The van der Waals surface area contributed by atoms with Crippen molar-refractivity contribution in [3.8, 4) is 6.07 Å². The molecule has 17 heavy (non-hydrogen) atoms. The van der Waals surface area contributed by atoms with E-state index < -0.39 is 0 Å². The van der Waals surface area contributed by atoms with E-state index in [0.29, 0.717) is 11.3 Å². The van der Waals surface area contributed by atoms with Crippen LogP contribution >= 0.6 is 11.8 Å². The van der Waals surface area contributed by atoms with Crippen molar-refractivity contribution in [1.29, 1.82) is 5.26 Å². The molecular weight excluding hydrogens is 237 g/mol. The number of benzene rings is 1. The van der Waals surface area contributed by atoms with Gasteiger partial charge in [0.2, 0.25) is 0 Å². The minimum absolute atomic E-state index is 0.0355. The van der Waals surface area contributed by atoms with Gasteiger partial charge in [0.25, 0.3) is 0 Å². The van der Waals surface area contributed by atoms with Gasteiger partial charge in [0, 0.05) is 18.2 Å². The van der Waals surface area contributed by atoms with Crippen LogP contribution in [0.3, 0.4) is 0 Å². The van der Waals surface area contributed by atoms with Gasteiger partial charge < -0.3 is 0 Å². The molecule has 0 N–H and O–H groups in total. The first kappa shape index (κ1) is 13.5. The summed E-state index contributed by atoms with van der Waals surface area (Å²) in [7, 11) is 0. The summed E-state index contributed by atoms with van der Waals surface area (Å²) < 4.78 is 13.4. The monoisotopic (exact) mass is 249 g/mol. The molecule has 0 bridgehead atoms. The van der Waals surface area contributed by atoms with Gasteiger partial charge in [-0.25, -0.2) is 4.39 Å². The third-order valence-corrected chi connectivity index (χ3v) is 2.79. The average molecular weight is 249 g/mol. The molecular formula is C13H12FNOS. The zero-order valence-corrected chi connectivity index (χ0v) is 10.3. The highest BCUT2D eigenvalue weighted by molar-refractivity contribution is 8.13. The van der Waals surface area contributed by atoms with Crippen LogP contribution in [0.1, 0.15) is 18.1 Å². The van der Waals surface area contributed by atoms with Gasteiger partial charge in [0.15, 0.2) is 5.12 Å². The Morgan fingerprint density at radius 3 is 3.00 bits per heavy atom. The minimum atomic E-state index is -0.323. The highest BCUT2D eigenvalue weighted by Gasteiger charge is 2.00. The predicted molar refractivity (Wildman–Crippen MR) is 67.9 cm³/mol. The number of halogens is 1. The highest BCUT2D eigenvalue weighted by atomic mass is 32.2. The molecule has 1 rings (SSSR count). The molecule has 1 aromatic rings. The fraction of sp³-hybridized carbons (Fsp3) is 0.231. The summed E-state index contributed by atoms with van der Waals surface area (Å²) in [4.78, 5) is 10.7. The van der Waals surface area contributed by atoms with Gasteiger partial charge in [-0.2, -0.15) is 5.26 Å². The van der Waals surface area contributed by atoms with Crippen molar-refractivity contribution in [2.45, 2.75) is 13.3 Å². The summed E-state index contributed by atoms with van der Waals surface area (Å²) in [5, 5.41) is 8.59. The molecule has 4 heteroatoms. The van der Waals surface area contributed by atoms with Gasteiger partial charge in [0.1, 0.15) is 5.82 Å². The smallest absolute Gasteiger partial charge is 0.186 e. The van der Waals surface area contributed by atoms with Crippen LogP contribution in [0.2, 0.25) is 0 Å². The van der Waals surface area contributed by atoms with Crippen molar-refractivity contribution < 1.29 is 9.18 Å². The number of nitriles is 1. The van der Waals surface area contributed by atoms with Gasteiger partial charge in [0.05, 0.1) is 12.5 Å². The lowest BCUT2D eigenvalue weighted by atomic mass is 10.1. The van der Waals surface area contributed by atoms with Crippen LogP contribution in [0, 0.1) is 17.1 Å². The quantitative estimate of drug-likeness (QED) is 0.822. The second kappa shape index (κ2) is 6.87. The Labute approximate surface area is 104 Å². The molecule has 0 heterocycles. The van der Waals surface area contributed by atoms with E-state index >= 15 is 0 Å². The molecule has 0 aromatic heterocycles. The second-order valence-corrected chi connectivity index (χ2v) is 4.59. The zero-order valence-electron chi connectivity index (χ0n) is 9.44. The molecule has 0 fully saturated rings. The molecule has 0 amide bonds. The van der Waals surface area contributed by atoms with Crippen molar-refractivity contribution in [3.05, 3.63) is 41.2 Å². The first-order valence-electron chi connectivity index (χ1n) is 5.08. The van der Waals surface area contributed by atoms with Crippen molar-refractivity contribution in [1.82, 2.24) is 0 Å². The Morgan fingerprint density at radius 2 is 2.35 bits per heavy atom.